The summed E-state index contributed by atoms with van der Waals surface area (Å²) < 4.78 is 40.5. The van der Waals surface area contributed by atoms with E-state index in [-0.39, 0.29) is 52.8 Å². The van der Waals surface area contributed by atoms with Crippen molar-refractivity contribution in [1.29, 1.82) is 0 Å². The van der Waals surface area contributed by atoms with Crippen molar-refractivity contribution in [3.63, 3.8) is 0 Å². The minimum atomic E-state index is -3.90. The molecule has 0 unspecified atom stereocenters. The van der Waals surface area contributed by atoms with E-state index in [2.05, 4.69) is 10.2 Å². The molecule has 1 aliphatic heterocycles. The number of carbonyl (C=O) groups is 1. The molecule has 162 valence electrons. The van der Waals surface area contributed by atoms with Crippen LogP contribution < -0.4 is 0 Å². The number of hydrogen-bond donors (Lipinski definition) is 1. The molecule has 2 heterocycles. The van der Waals surface area contributed by atoms with Gasteiger partial charge in [0.25, 0.3) is 5.91 Å². The Morgan fingerprint density at radius 3 is 2.23 bits per heavy atom. The van der Waals surface area contributed by atoms with Crippen LogP contribution in [-0.4, -0.2) is 59.9 Å². The van der Waals surface area contributed by atoms with Gasteiger partial charge >= 0.3 is 0 Å². The fraction of sp³-hybridized carbons (Fsp3) is 0.200. The molecule has 3 aromatic rings. The van der Waals surface area contributed by atoms with Crippen LogP contribution >= 0.6 is 23.2 Å². The number of rotatable bonds is 4. The van der Waals surface area contributed by atoms with Crippen LogP contribution in [0.25, 0.3) is 11.3 Å². The van der Waals surface area contributed by atoms with Crippen LogP contribution in [0.2, 0.25) is 10.0 Å². The number of carbonyl (C=O) groups excluding carboxylic acids is 1. The second-order valence-corrected chi connectivity index (χ2v) is 9.60. The largest absolute Gasteiger partial charge is 0.336 e. The van der Waals surface area contributed by atoms with Gasteiger partial charge in [-0.05, 0) is 36.4 Å². The molecule has 1 amide bonds. The molecule has 1 saturated heterocycles. The van der Waals surface area contributed by atoms with Crippen molar-refractivity contribution in [1.82, 2.24) is 19.4 Å². The molecule has 0 spiro atoms. The quantitative estimate of drug-likeness (QED) is 0.614. The molecule has 1 fully saturated rings. The predicted octanol–water partition coefficient (Wildman–Crippen LogP) is 3.67. The number of hydrogen-bond acceptors (Lipinski definition) is 4. The maximum Gasteiger partial charge on any atom is 0.257 e. The Balaban J connectivity index is 1.51. The summed E-state index contributed by atoms with van der Waals surface area (Å²) in [5, 5.41) is 6.82. The second-order valence-electron chi connectivity index (χ2n) is 6.91. The van der Waals surface area contributed by atoms with Crippen LogP contribution in [0.1, 0.15) is 10.4 Å². The zero-order chi connectivity index (χ0) is 22.2. The molecule has 4 rings (SSSR count). The number of aromatic amines is 1. The Labute approximate surface area is 188 Å². The van der Waals surface area contributed by atoms with Gasteiger partial charge in [-0.2, -0.15) is 9.40 Å². The lowest BCUT2D eigenvalue weighted by molar-refractivity contribution is 0.0698. The average molecular weight is 483 g/mol. The minimum absolute atomic E-state index is 0.0494. The first-order valence-electron chi connectivity index (χ1n) is 9.32. The average Bonchev–Trinajstić information content (AvgIpc) is 3.23. The van der Waals surface area contributed by atoms with E-state index in [0.29, 0.717) is 16.8 Å². The summed E-state index contributed by atoms with van der Waals surface area (Å²) >= 11 is 12.2. The van der Waals surface area contributed by atoms with Crippen molar-refractivity contribution in [2.24, 2.45) is 0 Å². The van der Waals surface area contributed by atoms with Gasteiger partial charge in [0.15, 0.2) is 0 Å². The number of sulfonamides is 1. The van der Waals surface area contributed by atoms with Crippen LogP contribution in [0.15, 0.2) is 53.6 Å². The fourth-order valence-corrected chi connectivity index (χ4v) is 5.96. The van der Waals surface area contributed by atoms with E-state index in [1.165, 1.54) is 34.8 Å². The Hall–Kier alpha value is -2.46. The fourth-order valence-electron chi connectivity index (χ4n) is 3.44. The lowest BCUT2D eigenvalue weighted by Gasteiger charge is -2.34. The Morgan fingerprint density at radius 1 is 1.00 bits per heavy atom. The third kappa shape index (κ3) is 4.18. The van der Waals surface area contributed by atoms with Crippen molar-refractivity contribution < 1.29 is 17.6 Å². The van der Waals surface area contributed by atoms with Crippen molar-refractivity contribution in [3.05, 3.63) is 70.1 Å². The Morgan fingerprint density at radius 2 is 1.61 bits per heavy atom. The third-order valence-corrected chi connectivity index (χ3v) is 7.90. The maximum atomic E-state index is 13.2. The number of piperazine rings is 1. The first-order valence-corrected chi connectivity index (χ1v) is 11.5. The molecule has 0 bridgehead atoms. The van der Waals surface area contributed by atoms with Gasteiger partial charge < -0.3 is 4.90 Å². The highest BCUT2D eigenvalue weighted by molar-refractivity contribution is 7.89. The van der Waals surface area contributed by atoms with Crippen molar-refractivity contribution >= 4 is 39.1 Å². The molecule has 1 aliphatic rings. The van der Waals surface area contributed by atoms with E-state index in [4.69, 9.17) is 23.2 Å². The van der Waals surface area contributed by atoms with Crippen LogP contribution in [0, 0.1) is 5.82 Å². The Bertz CT molecular complexity index is 1200. The summed E-state index contributed by atoms with van der Waals surface area (Å²) in [4.78, 5) is 14.5. The van der Waals surface area contributed by atoms with Crippen LogP contribution in [0.4, 0.5) is 4.39 Å². The lowest BCUT2D eigenvalue weighted by Crippen LogP contribution is -2.50. The van der Waals surface area contributed by atoms with Crippen LogP contribution in [-0.2, 0) is 10.0 Å². The van der Waals surface area contributed by atoms with E-state index in [0.717, 1.165) is 0 Å². The molecular formula is C20H17Cl2FN4O3S. The molecule has 0 aliphatic carbocycles. The monoisotopic (exact) mass is 482 g/mol. The summed E-state index contributed by atoms with van der Waals surface area (Å²) in [5.41, 5.74) is 1.43. The molecule has 2 aromatic carbocycles. The number of nitrogens with zero attached hydrogens (tertiary/aromatic N) is 3. The van der Waals surface area contributed by atoms with Gasteiger partial charge in [-0.1, -0.05) is 29.3 Å². The van der Waals surface area contributed by atoms with Gasteiger partial charge in [0.1, 0.15) is 10.7 Å². The van der Waals surface area contributed by atoms with E-state index >= 15 is 0 Å². The standard InChI is InChI=1S/C20H17Cl2FN4O3S/c21-16-2-1-3-17(22)19(16)31(29,30)27-10-8-26(9-11-27)20(28)15-12-24-25-18(15)13-4-6-14(23)7-5-13/h1-7,12H,8-11H2,(H,24,25). The van der Waals surface area contributed by atoms with E-state index < -0.39 is 10.0 Å². The highest BCUT2D eigenvalue weighted by Crippen LogP contribution is 2.32. The maximum absolute atomic E-state index is 13.2. The number of benzene rings is 2. The Kier molecular flexibility index (Phi) is 6.02. The smallest absolute Gasteiger partial charge is 0.257 e. The summed E-state index contributed by atoms with van der Waals surface area (Å²) in [5.74, 6) is -0.673. The van der Waals surface area contributed by atoms with Crippen LogP contribution in [0.5, 0.6) is 0 Å². The van der Waals surface area contributed by atoms with Crippen LogP contribution in [0.3, 0.4) is 0 Å². The zero-order valence-corrected chi connectivity index (χ0v) is 18.4. The first kappa shape index (κ1) is 21.8. The summed E-state index contributed by atoms with van der Waals surface area (Å²) in [6.45, 7) is 0.570. The molecular weight excluding hydrogens is 466 g/mol. The van der Waals surface area contributed by atoms with E-state index in [9.17, 15) is 17.6 Å². The van der Waals surface area contributed by atoms with E-state index in [1.807, 2.05) is 0 Å². The van der Waals surface area contributed by atoms with Gasteiger partial charge in [0.2, 0.25) is 10.0 Å². The van der Waals surface area contributed by atoms with Crippen molar-refractivity contribution in [3.8, 4) is 11.3 Å². The predicted molar refractivity (Wildman–Crippen MR) is 115 cm³/mol. The van der Waals surface area contributed by atoms with Gasteiger partial charge in [0, 0.05) is 31.7 Å². The highest BCUT2D eigenvalue weighted by Gasteiger charge is 2.33. The molecule has 11 heteroatoms. The SMILES string of the molecule is O=C(c1cn[nH]c1-c1ccc(F)cc1)N1CCN(S(=O)(=O)c2c(Cl)cccc2Cl)CC1. The van der Waals surface area contributed by atoms with Gasteiger partial charge in [-0.15, -0.1) is 0 Å². The topological polar surface area (TPSA) is 86.4 Å². The first-order chi connectivity index (χ1) is 14.8. The summed E-state index contributed by atoms with van der Waals surface area (Å²) in [7, 11) is -3.90. The van der Waals surface area contributed by atoms with Crippen molar-refractivity contribution in [2.75, 3.05) is 26.2 Å². The number of amides is 1. The molecule has 1 aromatic heterocycles. The molecule has 1 N–H and O–H groups in total. The van der Waals surface area contributed by atoms with Gasteiger partial charge in [0.05, 0.1) is 27.5 Å². The molecule has 0 saturated carbocycles. The van der Waals surface area contributed by atoms with Crippen molar-refractivity contribution in [2.45, 2.75) is 4.90 Å². The zero-order valence-electron chi connectivity index (χ0n) is 16.1. The lowest BCUT2D eigenvalue weighted by atomic mass is 10.1. The highest BCUT2D eigenvalue weighted by atomic mass is 35.5. The third-order valence-electron chi connectivity index (χ3n) is 5.05. The molecule has 7 nitrogen and oxygen atoms in total. The number of halogens is 3. The van der Waals surface area contributed by atoms with E-state index in [1.54, 1.807) is 23.1 Å². The molecule has 31 heavy (non-hydrogen) atoms. The summed E-state index contributed by atoms with van der Waals surface area (Å²) in [6.07, 6.45) is 1.41. The number of aromatic nitrogens is 2. The number of nitrogens with one attached hydrogen (secondary N) is 1. The second kappa shape index (κ2) is 8.58. The van der Waals surface area contributed by atoms with Gasteiger partial charge in [-0.3, -0.25) is 9.89 Å². The molecule has 0 atom stereocenters. The summed E-state index contributed by atoms with van der Waals surface area (Å²) in [6, 6.07) is 10.2. The minimum Gasteiger partial charge on any atom is -0.336 e. The molecule has 0 radical (unpaired) electrons. The number of H-pyrrole nitrogens is 1. The normalized spacial score (nSPS) is 15.3. The van der Waals surface area contributed by atoms with Gasteiger partial charge in [-0.25, -0.2) is 12.8 Å².